The number of aromatic nitrogens is 1. The van der Waals surface area contributed by atoms with Crippen molar-refractivity contribution >= 4 is 28.6 Å². The van der Waals surface area contributed by atoms with Crippen LogP contribution >= 0.6 is 22.7 Å². The lowest BCUT2D eigenvalue weighted by atomic mass is 9.94. The number of carbonyl (C=O) groups is 1. The standard InChI is InChI=1S/C15H14N2O3S2/c1-10-7-12(17-20-10)14(18)16-9-15(19,11-4-6-21-8-11)13-3-2-5-22-13/h2-8,19H,9H2,1H3,(H,16,18). The minimum absolute atomic E-state index is 0.0645. The van der Waals surface area contributed by atoms with E-state index in [9.17, 15) is 9.90 Å². The number of carbonyl (C=O) groups excluding carboxylic acids is 1. The van der Waals surface area contributed by atoms with Gasteiger partial charge >= 0.3 is 0 Å². The summed E-state index contributed by atoms with van der Waals surface area (Å²) in [6, 6.07) is 7.15. The molecule has 0 spiro atoms. The van der Waals surface area contributed by atoms with Crippen molar-refractivity contribution in [2.24, 2.45) is 0 Å². The van der Waals surface area contributed by atoms with Gasteiger partial charge in [-0.25, -0.2) is 0 Å². The lowest BCUT2D eigenvalue weighted by Gasteiger charge is -2.26. The average molecular weight is 334 g/mol. The molecule has 3 rings (SSSR count). The van der Waals surface area contributed by atoms with Gasteiger partial charge in [0.05, 0.1) is 6.54 Å². The molecule has 114 valence electrons. The molecule has 0 aliphatic carbocycles. The Hall–Kier alpha value is -1.96. The van der Waals surface area contributed by atoms with Gasteiger partial charge in [0.2, 0.25) is 0 Å². The Morgan fingerprint density at radius 2 is 2.32 bits per heavy atom. The second-order valence-corrected chi connectivity index (χ2v) is 6.58. The van der Waals surface area contributed by atoms with Gasteiger partial charge in [-0.15, -0.1) is 11.3 Å². The first-order valence-electron chi connectivity index (χ1n) is 6.60. The van der Waals surface area contributed by atoms with Crippen LogP contribution in [0.2, 0.25) is 0 Å². The number of nitrogens with one attached hydrogen (secondary N) is 1. The predicted octanol–water partition coefficient (Wildman–Crippen LogP) is 2.77. The van der Waals surface area contributed by atoms with Gasteiger partial charge in [-0.3, -0.25) is 4.79 Å². The number of hydrogen-bond acceptors (Lipinski definition) is 6. The first kappa shape index (κ1) is 15.0. The largest absolute Gasteiger partial charge is 0.378 e. The number of amides is 1. The van der Waals surface area contributed by atoms with E-state index in [1.165, 1.54) is 22.7 Å². The molecule has 0 aliphatic rings. The molecule has 0 fully saturated rings. The van der Waals surface area contributed by atoms with Crippen molar-refractivity contribution in [3.63, 3.8) is 0 Å². The van der Waals surface area contributed by atoms with Crippen LogP contribution in [-0.2, 0) is 5.60 Å². The van der Waals surface area contributed by atoms with Crippen molar-refractivity contribution in [2.75, 3.05) is 6.54 Å². The van der Waals surface area contributed by atoms with E-state index >= 15 is 0 Å². The highest BCUT2D eigenvalue weighted by molar-refractivity contribution is 7.10. The van der Waals surface area contributed by atoms with Crippen LogP contribution in [0.1, 0.15) is 26.7 Å². The van der Waals surface area contributed by atoms with Gasteiger partial charge in [-0.1, -0.05) is 11.2 Å². The Morgan fingerprint density at radius 1 is 1.45 bits per heavy atom. The first-order valence-corrected chi connectivity index (χ1v) is 8.42. The summed E-state index contributed by atoms with van der Waals surface area (Å²) in [6.45, 7) is 1.78. The normalized spacial score (nSPS) is 13.7. The minimum atomic E-state index is -1.25. The van der Waals surface area contributed by atoms with Crippen LogP contribution < -0.4 is 5.32 Å². The lowest BCUT2D eigenvalue weighted by molar-refractivity contribution is 0.0716. The summed E-state index contributed by atoms with van der Waals surface area (Å²) in [6.07, 6.45) is 0. The molecule has 3 aromatic heterocycles. The molecule has 5 nitrogen and oxygen atoms in total. The monoisotopic (exact) mass is 334 g/mol. The molecule has 3 heterocycles. The summed E-state index contributed by atoms with van der Waals surface area (Å²) in [4.78, 5) is 12.9. The van der Waals surface area contributed by atoms with Crippen LogP contribution in [0, 0.1) is 6.92 Å². The van der Waals surface area contributed by atoms with E-state index in [0.717, 1.165) is 10.4 Å². The fourth-order valence-electron chi connectivity index (χ4n) is 2.12. The summed E-state index contributed by atoms with van der Waals surface area (Å²) in [5.74, 6) is 0.193. The fraction of sp³-hybridized carbons (Fsp3) is 0.200. The summed E-state index contributed by atoms with van der Waals surface area (Å²) >= 11 is 2.95. The molecular weight excluding hydrogens is 320 g/mol. The van der Waals surface area contributed by atoms with E-state index < -0.39 is 5.60 Å². The summed E-state index contributed by atoms with van der Waals surface area (Å²) < 4.78 is 4.89. The highest BCUT2D eigenvalue weighted by Crippen LogP contribution is 2.33. The summed E-state index contributed by atoms with van der Waals surface area (Å²) in [5.41, 5.74) is -0.282. The molecule has 0 saturated carbocycles. The second-order valence-electron chi connectivity index (χ2n) is 4.86. The Kier molecular flexibility index (Phi) is 4.10. The highest BCUT2D eigenvalue weighted by Gasteiger charge is 2.34. The van der Waals surface area contributed by atoms with E-state index in [4.69, 9.17) is 4.52 Å². The maximum absolute atomic E-state index is 12.1. The lowest BCUT2D eigenvalue weighted by Crippen LogP contribution is -2.41. The van der Waals surface area contributed by atoms with E-state index in [2.05, 4.69) is 10.5 Å². The predicted molar refractivity (Wildman–Crippen MR) is 85.2 cm³/mol. The zero-order valence-electron chi connectivity index (χ0n) is 11.8. The van der Waals surface area contributed by atoms with Gasteiger partial charge in [0.1, 0.15) is 11.4 Å². The van der Waals surface area contributed by atoms with Gasteiger partial charge in [0.15, 0.2) is 5.69 Å². The number of thiophene rings is 2. The van der Waals surface area contributed by atoms with E-state index in [1.807, 2.05) is 34.3 Å². The van der Waals surface area contributed by atoms with Gasteiger partial charge in [0.25, 0.3) is 5.91 Å². The second kappa shape index (κ2) is 6.04. The number of rotatable bonds is 5. The Balaban J connectivity index is 1.81. The number of nitrogens with zero attached hydrogens (tertiary/aromatic N) is 1. The molecular formula is C15H14N2O3S2. The maximum Gasteiger partial charge on any atom is 0.273 e. The van der Waals surface area contributed by atoms with Crippen molar-refractivity contribution in [2.45, 2.75) is 12.5 Å². The zero-order chi connectivity index (χ0) is 15.6. The number of hydrogen-bond donors (Lipinski definition) is 2. The van der Waals surface area contributed by atoms with Crippen molar-refractivity contribution in [1.29, 1.82) is 0 Å². The molecule has 0 aliphatic heterocycles. The van der Waals surface area contributed by atoms with Gasteiger partial charge in [-0.2, -0.15) is 11.3 Å². The molecule has 0 saturated heterocycles. The molecule has 1 atom stereocenters. The highest BCUT2D eigenvalue weighted by atomic mass is 32.1. The number of aryl methyl sites for hydroxylation is 1. The van der Waals surface area contributed by atoms with Crippen LogP contribution in [0.3, 0.4) is 0 Å². The van der Waals surface area contributed by atoms with E-state index in [1.54, 1.807) is 13.0 Å². The minimum Gasteiger partial charge on any atom is -0.378 e. The molecule has 1 amide bonds. The smallest absolute Gasteiger partial charge is 0.273 e. The Morgan fingerprint density at radius 3 is 2.91 bits per heavy atom. The van der Waals surface area contributed by atoms with Gasteiger partial charge < -0.3 is 14.9 Å². The third kappa shape index (κ3) is 2.83. The molecule has 3 aromatic rings. The molecule has 0 bridgehead atoms. The summed E-state index contributed by atoms with van der Waals surface area (Å²) in [7, 11) is 0. The van der Waals surface area contributed by atoms with Crippen LogP contribution in [0.25, 0.3) is 0 Å². The van der Waals surface area contributed by atoms with Crippen molar-refractivity contribution < 1.29 is 14.4 Å². The third-order valence-electron chi connectivity index (χ3n) is 3.29. The van der Waals surface area contributed by atoms with Crippen molar-refractivity contribution in [3.05, 3.63) is 62.3 Å². The molecule has 22 heavy (non-hydrogen) atoms. The Bertz CT molecular complexity index is 713. The molecule has 0 radical (unpaired) electrons. The van der Waals surface area contributed by atoms with Gasteiger partial charge in [0, 0.05) is 16.5 Å². The average Bonchev–Trinajstić information content (AvgIpc) is 3.24. The van der Waals surface area contributed by atoms with E-state index in [0.29, 0.717) is 5.76 Å². The van der Waals surface area contributed by atoms with Crippen molar-refractivity contribution in [3.8, 4) is 0 Å². The molecule has 7 heteroatoms. The number of aliphatic hydroxyl groups is 1. The topological polar surface area (TPSA) is 75.4 Å². The molecule has 1 unspecified atom stereocenters. The third-order valence-corrected chi connectivity index (χ3v) is 5.00. The SMILES string of the molecule is Cc1cc(C(=O)NCC(O)(c2ccsc2)c2cccs2)no1. The quantitative estimate of drug-likeness (QED) is 0.752. The summed E-state index contributed by atoms with van der Waals surface area (Å²) in [5, 5.41) is 23.2. The molecule has 2 N–H and O–H groups in total. The van der Waals surface area contributed by atoms with E-state index in [-0.39, 0.29) is 18.1 Å². The molecule has 0 aromatic carbocycles. The zero-order valence-corrected chi connectivity index (χ0v) is 13.4. The fourth-order valence-corrected chi connectivity index (χ4v) is 3.69. The Labute approximate surface area is 135 Å². The van der Waals surface area contributed by atoms with Crippen LogP contribution in [0.4, 0.5) is 0 Å². The van der Waals surface area contributed by atoms with Crippen LogP contribution in [0.15, 0.2) is 44.9 Å². The maximum atomic E-state index is 12.1. The first-order chi connectivity index (χ1) is 10.6. The van der Waals surface area contributed by atoms with Gasteiger partial charge in [-0.05, 0) is 35.2 Å². The van der Waals surface area contributed by atoms with Crippen LogP contribution in [0.5, 0.6) is 0 Å². The van der Waals surface area contributed by atoms with Crippen LogP contribution in [-0.4, -0.2) is 22.7 Å². The van der Waals surface area contributed by atoms with Crippen molar-refractivity contribution in [1.82, 2.24) is 10.5 Å².